The van der Waals surface area contributed by atoms with Gasteiger partial charge in [-0.15, -0.1) is 0 Å². The Kier molecular flexibility index (Phi) is 7.32. The first kappa shape index (κ1) is 21.0. The average Bonchev–Trinajstić information content (AvgIpc) is 2.69. The summed E-state index contributed by atoms with van der Waals surface area (Å²) in [6.07, 6.45) is 4.39. The summed E-state index contributed by atoms with van der Waals surface area (Å²) in [5.41, 5.74) is 3.10. The summed E-state index contributed by atoms with van der Waals surface area (Å²) in [5.74, 6) is 0. The van der Waals surface area contributed by atoms with Crippen LogP contribution >= 0.6 is 0 Å². The summed E-state index contributed by atoms with van der Waals surface area (Å²) in [6, 6.07) is 12.1. The second-order valence-corrected chi connectivity index (χ2v) is 7.38. The zero-order valence-corrected chi connectivity index (χ0v) is 17.2. The maximum Gasteiger partial charge on any atom is 0.313 e. The lowest BCUT2D eigenvalue weighted by atomic mass is 10.2. The maximum absolute atomic E-state index is 11.3. The fourth-order valence-corrected chi connectivity index (χ4v) is 3.63. The van der Waals surface area contributed by atoms with E-state index in [4.69, 9.17) is 0 Å². The highest BCUT2D eigenvalue weighted by molar-refractivity contribution is 5.64. The number of hydrogen-bond donors (Lipinski definition) is 1. The summed E-state index contributed by atoms with van der Waals surface area (Å²) >= 11 is 0. The summed E-state index contributed by atoms with van der Waals surface area (Å²) in [7, 11) is 0. The zero-order chi connectivity index (χ0) is 20.6. The third-order valence-corrected chi connectivity index (χ3v) is 5.16. The van der Waals surface area contributed by atoms with Crippen LogP contribution in [0.2, 0.25) is 0 Å². The van der Waals surface area contributed by atoms with E-state index in [0.717, 1.165) is 45.0 Å². The van der Waals surface area contributed by atoms with E-state index >= 15 is 0 Å². The number of nitrogens with one attached hydrogen (secondary N) is 1. The Balaban J connectivity index is 1.42. The van der Waals surface area contributed by atoms with E-state index in [-0.39, 0.29) is 10.6 Å². The molecule has 0 unspecified atom stereocenters. The molecule has 1 fully saturated rings. The lowest BCUT2D eigenvalue weighted by molar-refractivity contribution is -0.384. The minimum absolute atomic E-state index is 0.0747. The minimum Gasteiger partial charge on any atom is -0.378 e. The van der Waals surface area contributed by atoms with E-state index in [1.165, 1.54) is 5.56 Å². The van der Waals surface area contributed by atoms with Crippen molar-refractivity contribution in [1.82, 2.24) is 14.8 Å². The van der Waals surface area contributed by atoms with Gasteiger partial charge in [0.25, 0.3) is 0 Å². The molecule has 7 nitrogen and oxygen atoms in total. The van der Waals surface area contributed by atoms with Gasteiger partial charge in [0.2, 0.25) is 0 Å². The Bertz CT molecular complexity index is 846. The van der Waals surface area contributed by atoms with Gasteiger partial charge in [0.15, 0.2) is 0 Å². The Morgan fingerprint density at radius 2 is 1.83 bits per heavy atom. The molecule has 1 aromatic heterocycles. The van der Waals surface area contributed by atoms with Crippen molar-refractivity contribution in [2.24, 2.45) is 0 Å². The van der Waals surface area contributed by atoms with Gasteiger partial charge in [0.05, 0.1) is 4.92 Å². The Morgan fingerprint density at radius 1 is 1.14 bits per heavy atom. The van der Waals surface area contributed by atoms with Crippen LogP contribution in [0, 0.1) is 24.0 Å². The zero-order valence-electron chi connectivity index (χ0n) is 17.2. The van der Waals surface area contributed by atoms with Gasteiger partial charge in [-0.2, -0.15) is 0 Å². The molecule has 1 N–H and O–H groups in total. The number of aromatic nitrogens is 1. The van der Waals surface area contributed by atoms with E-state index in [0.29, 0.717) is 17.9 Å². The number of nitrogens with zero attached hydrogens (tertiary/aromatic N) is 4. The molecule has 29 heavy (non-hydrogen) atoms. The van der Waals surface area contributed by atoms with Crippen molar-refractivity contribution in [1.29, 1.82) is 0 Å². The molecular formula is C22H29N5O2. The third kappa shape index (κ3) is 6.10. The van der Waals surface area contributed by atoms with Crippen LogP contribution in [0.3, 0.4) is 0 Å². The SMILES string of the molecule is Cc1cc(NCCN2CCN(C/C=C/c3ccccc3)CC2)c([N+](=O)[O-])c(C)n1. The standard InChI is InChI=1S/C22H29N5O2/c1-18-17-21(22(27(28)29)19(2)24-18)23-10-12-26-15-13-25(14-16-26)11-6-9-20-7-4-3-5-8-20/h3-9,17H,10-16H2,1-2H3,(H,23,24)/b9-6+. The highest BCUT2D eigenvalue weighted by Gasteiger charge is 2.20. The number of aryl methyl sites for hydroxylation is 2. The molecule has 0 radical (unpaired) electrons. The monoisotopic (exact) mass is 395 g/mol. The van der Waals surface area contributed by atoms with E-state index < -0.39 is 0 Å². The second kappa shape index (κ2) is 10.1. The number of rotatable bonds is 8. The first-order chi connectivity index (χ1) is 14.0. The fraction of sp³-hybridized carbons (Fsp3) is 0.409. The molecule has 0 aliphatic carbocycles. The molecule has 0 spiro atoms. The van der Waals surface area contributed by atoms with Crippen LogP contribution in [-0.2, 0) is 0 Å². The van der Waals surface area contributed by atoms with E-state index in [9.17, 15) is 10.1 Å². The Morgan fingerprint density at radius 3 is 2.52 bits per heavy atom. The van der Waals surface area contributed by atoms with Crippen molar-refractivity contribution in [3.63, 3.8) is 0 Å². The summed E-state index contributed by atoms with van der Waals surface area (Å²) < 4.78 is 0. The molecule has 7 heteroatoms. The number of nitro groups is 1. The van der Waals surface area contributed by atoms with Gasteiger partial charge in [-0.05, 0) is 25.5 Å². The fourth-order valence-electron chi connectivity index (χ4n) is 3.63. The quantitative estimate of drug-likeness (QED) is 0.546. The normalized spacial score (nSPS) is 15.7. The van der Waals surface area contributed by atoms with Crippen LogP contribution in [0.25, 0.3) is 6.08 Å². The number of anilines is 1. The number of pyridine rings is 1. The molecule has 154 valence electrons. The summed E-state index contributed by atoms with van der Waals surface area (Å²) in [4.78, 5) is 20.0. The molecule has 2 heterocycles. The molecule has 0 amide bonds. The predicted octanol–water partition coefficient (Wildman–Crippen LogP) is 3.35. The smallest absolute Gasteiger partial charge is 0.313 e. The summed E-state index contributed by atoms with van der Waals surface area (Å²) in [6.45, 7) is 10.1. The molecule has 1 saturated heterocycles. The van der Waals surface area contributed by atoms with Gasteiger partial charge in [0.1, 0.15) is 11.4 Å². The van der Waals surface area contributed by atoms with E-state index in [2.05, 4.69) is 56.5 Å². The second-order valence-electron chi connectivity index (χ2n) is 7.38. The number of piperazine rings is 1. The topological polar surface area (TPSA) is 74.5 Å². The molecule has 0 atom stereocenters. The molecule has 1 aliphatic rings. The Labute approximate surface area is 172 Å². The molecule has 0 saturated carbocycles. The van der Waals surface area contributed by atoms with Crippen LogP contribution < -0.4 is 5.32 Å². The third-order valence-electron chi connectivity index (χ3n) is 5.16. The molecule has 0 bridgehead atoms. The molecule has 1 aromatic carbocycles. The van der Waals surface area contributed by atoms with Crippen LogP contribution in [0.4, 0.5) is 11.4 Å². The van der Waals surface area contributed by atoms with Crippen molar-refractivity contribution in [2.45, 2.75) is 13.8 Å². The van der Waals surface area contributed by atoms with Gasteiger partial charge < -0.3 is 5.32 Å². The van der Waals surface area contributed by atoms with Gasteiger partial charge >= 0.3 is 5.69 Å². The lowest BCUT2D eigenvalue weighted by Crippen LogP contribution is -2.47. The highest BCUT2D eigenvalue weighted by atomic mass is 16.6. The van der Waals surface area contributed by atoms with Crippen LogP contribution in [0.1, 0.15) is 17.0 Å². The van der Waals surface area contributed by atoms with Gasteiger partial charge in [-0.25, -0.2) is 0 Å². The molecule has 1 aliphatic heterocycles. The number of hydrogen-bond acceptors (Lipinski definition) is 6. The average molecular weight is 396 g/mol. The van der Waals surface area contributed by atoms with Gasteiger partial charge in [-0.1, -0.05) is 42.5 Å². The predicted molar refractivity (Wildman–Crippen MR) is 117 cm³/mol. The molecular weight excluding hydrogens is 366 g/mol. The maximum atomic E-state index is 11.3. The largest absolute Gasteiger partial charge is 0.378 e. The minimum atomic E-state index is -0.355. The highest BCUT2D eigenvalue weighted by Crippen LogP contribution is 2.27. The van der Waals surface area contributed by atoms with E-state index in [1.807, 2.05) is 13.0 Å². The first-order valence-corrected chi connectivity index (χ1v) is 10.1. The van der Waals surface area contributed by atoms with Crippen LogP contribution in [0.5, 0.6) is 0 Å². The molecule has 2 aromatic rings. The number of benzene rings is 1. The Hall–Kier alpha value is -2.77. The van der Waals surface area contributed by atoms with Crippen molar-refractivity contribution in [2.75, 3.05) is 51.1 Å². The first-order valence-electron chi connectivity index (χ1n) is 10.1. The van der Waals surface area contributed by atoms with Gasteiger partial charge in [0, 0.05) is 51.5 Å². The van der Waals surface area contributed by atoms with Crippen LogP contribution in [0.15, 0.2) is 42.5 Å². The van der Waals surface area contributed by atoms with Crippen molar-refractivity contribution in [3.05, 3.63) is 69.5 Å². The van der Waals surface area contributed by atoms with E-state index in [1.54, 1.807) is 13.0 Å². The van der Waals surface area contributed by atoms with Crippen molar-refractivity contribution < 1.29 is 4.92 Å². The lowest BCUT2D eigenvalue weighted by Gasteiger charge is -2.34. The van der Waals surface area contributed by atoms with Crippen molar-refractivity contribution in [3.8, 4) is 0 Å². The van der Waals surface area contributed by atoms with Crippen LogP contribution in [-0.4, -0.2) is 65.5 Å². The van der Waals surface area contributed by atoms with Crippen molar-refractivity contribution >= 4 is 17.5 Å². The van der Waals surface area contributed by atoms with Gasteiger partial charge in [-0.3, -0.25) is 24.9 Å². The molecule has 3 rings (SSSR count). The summed E-state index contributed by atoms with van der Waals surface area (Å²) in [5, 5.41) is 14.6.